The Kier molecular flexibility index (Phi) is 3.10. The lowest BCUT2D eigenvalue weighted by Crippen LogP contribution is -2.38. The molecule has 0 spiro atoms. The second-order valence-electron chi connectivity index (χ2n) is 4.01. The van der Waals surface area contributed by atoms with Gasteiger partial charge in [-0.1, -0.05) is 23.2 Å². The molecule has 0 saturated carbocycles. The number of likely N-dealkylation sites (N-methyl/N-ethyl adjacent to an activating group) is 1. The van der Waals surface area contributed by atoms with Crippen molar-refractivity contribution in [2.24, 2.45) is 0 Å². The minimum absolute atomic E-state index is 0.395. The van der Waals surface area contributed by atoms with Crippen molar-refractivity contribution in [3.05, 3.63) is 27.7 Å². The van der Waals surface area contributed by atoms with Crippen LogP contribution in [0.1, 0.15) is 5.56 Å². The number of fused-ring (bicyclic) bond motifs is 1. The van der Waals surface area contributed by atoms with Crippen LogP contribution in [-0.2, 0) is 6.42 Å². The number of benzene rings is 1. The first kappa shape index (κ1) is 11.1. The van der Waals surface area contributed by atoms with Gasteiger partial charge in [-0.05, 0) is 38.2 Å². The molecule has 0 fully saturated rings. The highest BCUT2D eigenvalue weighted by atomic mass is 35.5. The molecule has 1 aromatic rings. The van der Waals surface area contributed by atoms with Gasteiger partial charge in [-0.25, -0.2) is 0 Å². The average molecular weight is 246 g/mol. The van der Waals surface area contributed by atoms with Gasteiger partial charge < -0.3 is 9.64 Å². The third kappa shape index (κ3) is 2.22. The molecule has 4 heteroatoms. The zero-order valence-corrected chi connectivity index (χ0v) is 10.3. The zero-order chi connectivity index (χ0) is 11.0. The molecule has 1 atom stereocenters. The third-order valence-electron chi connectivity index (χ3n) is 2.69. The largest absolute Gasteiger partial charge is 0.490 e. The summed E-state index contributed by atoms with van der Waals surface area (Å²) in [6.45, 7) is 0.682. The van der Waals surface area contributed by atoms with Gasteiger partial charge >= 0.3 is 0 Å². The van der Waals surface area contributed by atoms with Crippen LogP contribution in [0.3, 0.4) is 0 Å². The van der Waals surface area contributed by atoms with Crippen molar-refractivity contribution in [1.82, 2.24) is 4.90 Å². The molecule has 0 unspecified atom stereocenters. The quantitative estimate of drug-likeness (QED) is 0.755. The smallest absolute Gasteiger partial charge is 0.141 e. The van der Waals surface area contributed by atoms with Crippen molar-refractivity contribution >= 4 is 23.2 Å². The predicted octanol–water partition coefficient (Wildman–Crippen LogP) is 2.86. The summed E-state index contributed by atoms with van der Waals surface area (Å²) >= 11 is 12.0. The number of hydrogen-bond acceptors (Lipinski definition) is 2. The third-order valence-corrected chi connectivity index (χ3v) is 3.19. The molecule has 0 aromatic heterocycles. The normalized spacial score (nSPS) is 19.9. The van der Waals surface area contributed by atoms with Crippen LogP contribution in [0.4, 0.5) is 0 Å². The summed E-state index contributed by atoms with van der Waals surface area (Å²) in [6.07, 6.45) is 0.933. The van der Waals surface area contributed by atoms with Gasteiger partial charge in [0.1, 0.15) is 12.4 Å². The van der Waals surface area contributed by atoms with Crippen molar-refractivity contribution in [3.8, 4) is 5.75 Å². The van der Waals surface area contributed by atoms with E-state index in [1.807, 2.05) is 20.2 Å². The highest BCUT2D eigenvalue weighted by Crippen LogP contribution is 2.36. The summed E-state index contributed by atoms with van der Waals surface area (Å²) in [6, 6.07) is 4.04. The van der Waals surface area contributed by atoms with Crippen LogP contribution >= 0.6 is 23.2 Å². The fraction of sp³-hybridized carbons (Fsp3) is 0.455. The van der Waals surface area contributed by atoms with E-state index in [2.05, 4.69) is 4.90 Å². The molecule has 2 nitrogen and oxygen atoms in total. The molecule has 0 radical (unpaired) electrons. The van der Waals surface area contributed by atoms with Crippen molar-refractivity contribution in [1.29, 1.82) is 0 Å². The van der Waals surface area contributed by atoms with Crippen molar-refractivity contribution in [3.63, 3.8) is 0 Å². The first-order valence-electron chi connectivity index (χ1n) is 4.85. The molecule has 0 amide bonds. The minimum atomic E-state index is 0.395. The molecule has 15 heavy (non-hydrogen) atoms. The second-order valence-corrected chi connectivity index (χ2v) is 4.85. The summed E-state index contributed by atoms with van der Waals surface area (Å²) in [4.78, 5) is 2.15. The topological polar surface area (TPSA) is 12.5 Å². The molecular weight excluding hydrogens is 233 g/mol. The number of ether oxygens (including phenoxy) is 1. The highest BCUT2D eigenvalue weighted by Gasteiger charge is 2.23. The summed E-state index contributed by atoms with van der Waals surface area (Å²) in [5.41, 5.74) is 1.09. The van der Waals surface area contributed by atoms with Gasteiger partial charge in [0.15, 0.2) is 0 Å². The van der Waals surface area contributed by atoms with Crippen LogP contribution < -0.4 is 4.74 Å². The average Bonchev–Trinajstić information content (AvgIpc) is 2.16. The minimum Gasteiger partial charge on any atom is -0.490 e. The second kappa shape index (κ2) is 4.20. The predicted molar refractivity (Wildman–Crippen MR) is 63.1 cm³/mol. The van der Waals surface area contributed by atoms with Gasteiger partial charge in [-0.2, -0.15) is 0 Å². The van der Waals surface area contributed by atoms with E-state index >= 15 is 0 Å². The standard InChI is InChI=1S/C11H13Cl2NO/c1-14(2)9-4-7-3-8(12)5-10(13)11(7)15-6-9/h3,5,9H,4,6H2,1-2H3/t9-/m1/s1. The lowest BCUT2D eigenvalue weighted by Gasteiger charge is -2.30. The maximum Gasteiger partial charge on any atom is 0.141 e. The van der Waals surface area contributed by atoms with E-state index in [1.54, 1.807) is 6.07 Å². The Bertz CT molecular complexity index is 379. The lowest BCUT2D eigenvalue weighted by molar-refractivity contribution is 0.165. The Morgan fingerprint density at radius 1 is 1.33 bits per heavy atom. The maximum atomic E-state index is 6.05. The van der Waals surface area contributed by atoms with Gasteiger partial charge in [-0.3, -0.25) is 0 Å². The lowest BCUT2D eigenvalue weighted by atomic mass is 10.0. The summed E-state index contributed by atoms with van der Waals surface area (Å²) < 4.78 is 5.65. The Balaban J connectivity index is 2.33. The molecule has 0 aliphatic carbocycles. The molecule has 0 bridgehead atoms. The maximum absolute atomic E-state index is 6.05. The Morgan fingerprint density at radius 2 is 2.07 bits per heavy atom. The van der Waals surface area contributed by atoms with Crippen LogP contribution in [-0.4, -0.2) is 31.6 Å². The monoisotopic (exact) mass is 245 g/mol. The van der Waals surface area contributed by atoms with E-state index in [0.29, 0.717) is 22.7 Å². The number of rotatable bonds is 1. The van der Waals surface area contributed by atoms with Gasteiger partial charge in [0.05, 0.1) is 5.02 Å². The SMILES string of the molecule is CN(C)[C@H]1COc2c(Cl)cc(Cl)cc2C1. The Labute approximate surface area is 99.7 Å². The molecular formula is C11H13Cl2NO. The Morgan fingerprint density at radius 3 is 2.73 bits per heavy atom. The molecule has 0 saturated heterocycles. The number of halogens is 2. The molecule has 1 aromatic carbocycles. The summed E-state index contributed by atoms with van der Waals surface area (Å²) in [5, 5.41) is 1.27. The first-order valence-corrected chi connectivity index (χ1v) is 5.60. The Hall–Kier alpha value is -0.440. The van der Waals surface area contributed by atoms with Gasteiger partial charge in [0.25, 0.3) is 0 Å². The van der Waals surface area contributed by atoms with E-state index < -0.39 is 0 Å². The summed E-state index contributed by atoms with van der Waals surface area (Å²) in [5.74, 6) is 0.791. The molecule has 0 N–H and O–H groups in total. The van der Waals surface area contributed by atoms with Gasteiger partial charge in [0.2, 0.25) is 0 Å². The molecule has 2 rings (SSSR count). The fourth-order valence-electron chi connectivity index (χ4n) is 1.75. The molecule has 1 aliphatic heterocycles. The molecule has 1 aliphatic rings. The van der Waals surface area contributed by atoms with Crippen LogP contribution in [0.5, 0.6) is 5.75 Å². The number of hydrogen-bond donors (Lipinski definition) is 0. The molecule has 82 valence electrons. The van der Waals surface area contributed by atoms with Crippen molar-refractivity contribution in [2.45, 2.75) is 12.5 Å². The fourth-order valence-corrected chi connectivity index (χ4v) is 2.34. The van der Waals surface area contributed by atoms with E-state index in [-0.39, 0.29) is 0 Å². The van der Waals surface area contributed by atoms with E-state index in [9.17, 15) is 0 Å². The van der Waals surface area contributed by atoms with E-state index in [4.69, 9.17) is 27.9 Å². The van der Waals surface area contributed by atoms with Crippen LogP contribution in [0.25, 0.3) is 0 Å². The first-order chi connectivity index (χ1) is 7.08. The van der Waals surface area contributed by atoms with Crippen LogP contribution in [0.15, 0.2) is 12.1 Å². The zero-order valence-electron chi connectivity index (χ0n) is 8.76. The van der Waals surface area contributed by atoms with Crippen LogP contribution in [0, 0.1) is 0 Å². The molecule has 1 heterocycles. The van der Waals surface area contributed by atoms with E-state index in [1.165, 1.54) is 0 Å². The highest BCUT2D eigenvalue weighted by molar-refractivity contribution is 6.35. The van der Waals surface area contributed by atoms with E-state index in [0.717, 1.165) is 17.7 Å². The van der Waals surface area contributed by atoms with Crippen molar-refractivity contribution < 1.29 is 4.74 Å². The number of nitrogens with zero attached hydrogens (tertiary/aromatic N) is 1. The van der Waals surface area contributed by atoms with Crippen LogP contribution in [0.2, 0.25) is 10.0 Å². The van der Waals surface area contributed by atoms with Gasteiger partial charge in [-0.15, -0.1) is 0 Å². The summed E-state index contributed by atoms with van der Waals surface area (Å²) in [7, 11) is 4.09. The van der Waals surface area contributed by atoms with Gasteiger partial charge in [0, 0.05) is 11.1 Å². The van der Waals surface area contributed by atoms with Crippen molar-refractivity contribution in [2.75, 3.05) is 20.7 Å².